The zero-order valence-corrected chi connectivity index (χ0v) is 18.4. The maximum atomic E-state index is 13.0. The van der Waals surface area contributed by atoms with E-state index in [2.05, 4.69) is 40.2 Å². The van der Waals surface area contributed by atoms with Crippen LogP contribution in [0.2, 0.25) is 0 Å². The Morgan fingerprint density at radius 2 is 1.87 bits per heavy atom. The lowest BCUT2D eigenvalue weighted by atomic mass is 9.75. The molecule has 0 radical (unpaired) electrons. The summed E-state index contributed by atoms with van der Waals surface area (Å²) in [5.74, 6) is 0.0640. The number of nitrogens with zero attached hydrogens (tertiary/aromatic N) is 1. The monoisotopic (exact) mass is 419 g/mol. The summed E-state index contributed by atoms with van der Waals surface area (Å²) in [6.45, 7) is 5.67. The number of rotatable bonds is 2. The van der Waals surface area contributed by atoms with E-state index in [1.807, 2.05) is 32.0 Å². The third-order valence-corrected chi connectivity index (χ3v) is 6.33. The number of para-hydroxylation sites is 1. The van der Waals surface area contributed by atoms with Crippen LogP contribution in [0.3, 0.4) is 0 Å². The molecule has 0 bridgehead atoms. The quantitative estimate of drug-likeness (QED) is 0.699. The van der Waals surface area contributed by atoms with Gasteiger partial charge in [-0.15, -0.1) is 0 Å². The highest BCUT2D eigenvalue weighted by Gasteiger charge is 2.41. The van der Waals surface area contributed by atoms with Gasteiger partial charge in [-0.05, 0) is 29.3 Å². The van der Waals surface area contributed by atoms with Crippen molar-refractivity contribution in [2.24, 2.45) is 5.92 Å². The first kappa shape index (κ1) is 21.1. The number of nitrogens with two attached hydrogens (primary N) is 1. The van der Waals surface area contributed by atoms with Crippen LogP contribution in [0.25, 0.3) is 5.57 Å². The summed E-state index contributed by atoms with van der Waals surface area (Å²) >= 11 is 0. The van der Waals surface area contributed by atoms with Gasteiger partial charge >= 0.3 is 6.03 Å². The van der Waals surface area contributed by atoms with E-state index in [4.69, 9.17) is 0 Å². The summed E-state index contributed by atoms with van der Waals surface area (Å²) in [6, 6.07) is 15.6. The number of anilines is 2. The first-order valence-electron chi connectivity index (χ1n) is 11.2. The number of hydrogen-bond acceptors (Lipinski definition) is 3. The number of carbonyl (C=O) groups excluding carboxylic acids is 2. The fourth-order valence-corrected chi connectivity index (χ4v) is 4.86. The number of amides is 3. The van der Waals surface area contributed by atoms with Gasteiger partial charge in [0, 0.05) is 42.9 Å². The molecule has 4 N–H and O–H groups in total. The zero-order chi connectivity index (χ0) is 22.0. The second-order valence-corrected chi connectivity index (χ2v) is 8.08. The van der Waals surface area contributed by atoms with Crippen molar-refractivity contribution in [2.45, 2.75) is 32.2 Å². The van der Waals surface area contributed by atoms with Crippen LogP contribution in [0.1, 0.15) is 37.3 Å². The number of imide groups is 1. The van der Waals surface area contributed by atoms with Crippen molar-refractivity contribution in [2.75, 3.05) is 30.8 Å². The molecule has 31 heavy (non-hydrogen) atoms. The summed E-state index contributed by atoms with van der Waals surface area (Å²) < 4.78 is 0. The predicted octanol–water partition coefficient (Wildman–Crippen LogP) is 3.26. The fraction of sp³-hybridized carbons (Fsp3) is 0.360. The second-order valence-electron chi connectivity index (χ2n) is 8.08. The van der Waals surface area contributed by atoms with E-state index >= 15 is 0 Å². The van der Waals surface area contributed by atoms with Gasteiger partial charge in [-0.2, -0.15) is 0 Å². The Balaban J connectivity index is 0.00000112. The molecule has 3 atom stereocenters. The zero-order valence-electron chi connectivity index (χ0n) is 18.4. The maximum absolute atomic E-state index is 13.0. The van der Waals surface area contributed by atoms with Crippen LogP contribution in [0, 0.1) is 5.92 Å². The summed E-state index contributed by atoms with van der Waals surface area (Å²) in [4.78, 5) is 26.8. The van der Waals surface area contributed by atoms with Crippen molar-refractivity contribution in [3.05, 3.63) is 65.7 Å². The number of carbonyl (C=O) groups is 2. The molecule has 2 aliphatic heterocycles. The van der Waals surface area contributed by atoms with E-state index in [1.54, 1.807) is 19.2 Å². The molecule has 1 unspecified atom stereocenters. The molecule has 3 amide bonds. The molecule has 1 aliphatic carbocycles. The minimum atomic E-state index is -0.407. The van der Waals surface area contributed by atoms with Crippen LogP contribution in [0.4, 0.5) is 16.2 Å². The molecule has 2 aromatic rings. The van der Waals surface area contributed by atoms with Crippen LogP contribution < -0.4 is 16.0 Å². The van der Waals surface area contributed by atoms with Crippen molar-refractivity contribution >= 4 is 28.9 Å². The van der Waals surface area contributed by atoms with Crippen molar-refractivity contribution in [3.8, 4) is 0 Å². The molecule has 0 aromatic heterocycles. The van der Waals surface area contributed by atoms with E-state index in [9.17, 15) is 9.59 Å². The maximum Gasteiger partial charge on any atom is 0.328 e. The van der Waals surface area contributed by atoms with Gasteiger partial charge < -0.3 is 16.0 Å². The molecule has 2 aromatic carbocycles. The Morgan fingerprint density at radius 1 is 1.10 bits per heavy atom. The Morgan fingerprint density at radius 3 is 2.65 bits per heavy atom. The normalized spacial score (nSPS) is 22.5. The van der Waals surface area contributed by atoms with Crippen LogP contribution in [0.15, 0.2) is 54.6 Å². The second kappa shape index (κ2) is 8.94. The summed E-state index contributed by atoms with van der Waals surface area (Å²) in [5, 5.41) is 8.57. The molecule has 0 saturated carbocycles. The first-order chi connectivity index (χ1) is 15.1. The van der Waals surface area contributed by atoms with E-state index < -0.39 is 6.03 Å². The summed E-state index contributed by atoms with van der Waals surface area (Å²) in [7, 11) is 1.55. The smallest absolute Gasteiger partial charge is 0.328 e. The number of fused-ring (bicyclic) bond motifs is 2. The Kier molecular flexibility index (Phi) is 6.09. The van der Waals surface area contributed by atoms with E-state index in [1.165, 1.54) is 27.3 Å². The lowest BCUT2D eigenvalue weighted by molar-refractivity contribution is -0.682. The molecule has 2 heterocycles. The van der Waals surface area contributed by atoms with Crippen LogP contribution >= 0.6 is 0 Å². The Bertz CT molecular complexity index is 1000. The van der Waals surface area contributed by atoms with Gasteiger partial charge in [0.05, 0.1) is 6.54 Å². The van der Waals surface area contributed by atoms with Gasteiger partial charge in [-0.1, -0.05) is 50.3 Å². The third-order valence-electron chi connectivity index (χ3n) is 6.33. The molecule has 0 saturated heterocycles. The standard InChI is InChI=1S/C23H24N4O2.C2H6/c1-27(23(29)26-16-6-3-2-4-7-16)22(28)15-10-18-17-8-5-9-19-21(17)14(12-24-19)11-20(18)25-13-15;1-2/h2-10,14-15,20,24-25H,11-13H2,1H3,(H,26,29);1-2H3/p+1/t14?,15-,20-;/m1./s1. The molecule has 5 rings (SSSR count). The lowest BCUT2D eigenvalue weighted by Gasteiger charge is -2.34. The van der Waals surface area contributed by atoms with Gasteiger partial charge in [0.15, 0.2) is 0 Å². The lowest BCUT2D eigenvalue weighted by Crippen LogP contribution is -2.93. The number of urea groups is 1. The van der Waals surface area contributed by atoms with Gasteiger partial charge in [-0.3, -0.25) is 9.69 Å². The first-order valence-corrected chi connectivity index (χ1v) is 11.2. The van der Waals surface area contributed by atoms with Crippen molar-refractivity contribution in [3.63, 3.8) is 0 Å². The van der Waals surface area contributed by atoms with E-state index in [-0.39, 0.29) is 11.8 Å². The van der Waals surface area contributed by atoms with Gasteiger partial charge in [0.25, 0.3) is 0 Å². The highest BCUT2D eigenvalue weighted by atomic mass is 16.2. The van der Waals surface area contributed by atoms with Crippen molar-refractivity contribution < 1.29 is 14.9 Å². The number of benzene rings is 2. The molecule has 0 spiro atoms. The van der Waals surface area contributed by atoms with E-state index in [0.29, 0.717) is 24.2 Å². The molecule has 6 heteroatoms. The third kappa shape index (κ3) is 3.95. The van der Waals surface area contributed by atoms with Gasteiger partial charge in [0.2, 0.25) is 5.91 Å². The number of hydrogen-bond donors (Lipinski definition) is 3. The van der Waals surface area contributed by atoms with Crippen molar-refractivity contribution in [1.82, 2.24) is 4.90 Å². The fourth-order valence-electron chi connectivity index (χ4n) is 4.86. The van der Waals surface area contributed by atoms with Gasteiger partial charge in [0.1, 0.15) is 12.0 Å². The van der Waals surface area contributed by atoms with Gasteiger partial charge in [-0.25, -0.2) is 4.79 Å². The molecule has 3 aliphatic rings. The van der Waals surface area contributed by atoms with Crippen LogP contribution in [-0.4, -0.2) is 43.0 Å². The number of quaternary nitrogens is 1. The molecule has 162 valence electrons. The van der Waals surface area contributed by atoms with Crippen molar-refractivity contribution in [1.29, 1.82) is 0 Å². The largest absolute Gasteiger partial charge is 0.384 e. The van der Waals surface area contributed by atoms with Crippen LogP contribution in [-0.2, 0) is 4.79 Å². The average molecular weight is 420 g/mol. The Labute approximate surface area is 183 Å². The number of nitrogens with one attached hydrogen (secondary N) is 2. The minimum absolute atomic E-state index is 0.173. The average Bonchev–Trinajstić information content (AvgIpc) is 3.24. The topological polar surface area (TPSA) is 78.1 Å². The predicted molar refractivity (Wildman–Crippen MR) is 124 cm³/mol. The van der Waals surface area contributed by atoms with E-state index in [0.717, 1.165) is 13.0 Å². The molecular formula is C25H31N4O2+. The molecule has 6 nitrogen and oxygen atoms in total. The summed E-state index contributed by atoms with van der Waals surface area (Å²) in [5.41, 5.74) is 5.80. The highest BCUT2D eigenvalue weighted by Crippen LogP contribution is 2.45. The van der Waals surface area contributed by atoms with Crippen LogP contribution in [0.5, 0.6) is 0 Å². The Hall–Kier alpha value is -3.12. The molecule has 0 fully saturated rings. The minimum Gasteiger partial charge on any atom is -0.384 e. The SMILES string of the molecule is CC.CN(C(=O)Nc1ccccc1)C(=O)[C@@H]1C=C2c3cccc4c3C(CN4)C[C@H]2[NH2+]C1. The summed E-state index contributed by atoms with van der Waals surface area (Å²) in [6.07, 6.45) is 3.19. The highest BCUT2D eigenvalue weighted by molar-refractivity contribution is 6.02. The molecular weight excluding hydrogens is 388 g/mol.